The number of nitrogens with one attached hydrogen (secondary N) is 1. The van der Waals surface area contributed by atoms with Crippen LogP contribution < -0.4 is 10.1 Å². The minimum atomic E-state index is -1.04. The third-order valence-corrected chi connectivity index (χ3v) is 4.49. The standard InChI is InChI=1S/C15H18N2O4/c1-17-13(19)12(9-4-3-5-10(8-9)21-2)15(14(17)20)7-6-11(18)16-15/h3-5,8,12-13,19H,6-7H2,1-2H3,(H,16,18)/t12-,13?,15+/m0/s1. The maximum absolute atomic E-state index is 12.5. The van der Waals surface area contributed by atoms with Crippen LogP contribution in [0.5, 0.6) is 5.75 Å². The lowest BCUT2D eigenvalue weighted by molar-refractivity contribution is -0.136. The lowest BCUT2D eigenvalue weighted by Gasteiger charge is -2.29. The summed E-state index contributed by atoms with van der Waals surface area (Å²) in [6.45, 7) is 0. The van der Waals surface area contributed by atoms with Crippen LogP contribution in [0.3, 0.4) is 0 Å². The van der Waals surface area contributed by atoms with Crippen LogP contribution in [0.15, 0.2) is 24.3 Å². The Labute approximate surface area is 122 Å². The van der Waals surface area contributed by atoms with Crippen LogP contribution in [0.25, 0.3) is 0 Å². The number of carbonyl (C=O) groups is 2. The summed E-state index contributed by atoms with van der Waals surface area (Å²) < 4.78 is 5.21. The second-order valence-corrected chi connectivity index (χ2v) is 5.60. The molecule has 21 heavy (non-hydrogen) atoms. The first-order chi connectivity index (χ1) is 9.99. The molecule has 3 rings (SSSR count). The summed E-state index contributed by atoms with van der Waals surface area (Å²) in [4.78, 5) is 25.5. The van der Waals surface area contributed by atoms with Gasteiger partial charge in [0.1, 0.15) is 17.5 Å². The van der Waals surface area contributed by atoms with Gasteiger partial charge < -0.3 is 20.1 Å². The fourth-order valence-corrected chi connectivity index (χ4v) is 3.42. The van der Waals surface area contributed by atoms with E-state index in [0.717, 1.165) is 5.56 Å². The summed E-state index contributed by atoms with van der Waals surface area (Å²) in [5, 5.41) is 13.3. The van der Waals surface area contributed by atoms with E-state index >= 15 is 0 Å². The van der Waals surface area contributed by atoms with Crippen LogP contribution in [-0.2, 0) is 9.59 Å². The molecular weight excluding hydrogens is 272 g/mol. The van der Waals surface area contributed by atoms with Gasteiger partial charge in [0.25, 0.3) is 5.91 Å². The second-order valence-electron chi connectivity index (χ2n) is 5.60. The van der Waals surface area contributed by atoms with Gasteiger partial charge >= 0.3 is 0 Å². The lowest BCUT2D eigenvalue weighted by atomic mass is 9.79. The molecule has 1 unspecified atom stereocenters. The number of ether oxygens (including phenoxy) is 1. The largest absolute Gasteiger partial charge is 0.497 e. The van der Waals surface area contributed by atoms with Crippen molar-refractivity contribution < 1.29 is 19.4 Å². The van der Waals surface area contributed by atoms with Crippen LogP contribution in [0.4, 0.5) is 0 Å². The minimum absolute atomic E-state index is 0.154. The molecule has 2 N–H and O–H groups in total. The predicted octanol–water partition coefficient (Wildman–Crippen LogP) is 0.218. The normalized spacial score (nSPS) is 31.9. The first-order valence-corrected chi connectivity index (χ1v) is 6.90. The fourth-order valence-electron chi connectivity index (χ4n) is 3.42. The van der Waals surface area contributed by atoms with E-state index in [2.05, 4.69) is 5.32 Å². The van der Waals surface area contributed by atoms with Crippen molar-refractivity contribution in [3.8, 4) is 5.75 Å². The minimum Gasteiger partial charge on any atom is -0.497 e. The van der Waals surface area contributed by atoms with E-state index in [0.29, 0.717) is 18.6 Å². The van der Waals surface area contributed by atoms with Gasteiger partial charge in [0.05, 0.1) is 13.0 Å². The molecule has 2 saturated heterocycles. The summed E-state index contributed by atoms with van der Waals surface area (Å²) in [7, 11) is 3.12. The zero-order valence-electron chi connectivity index (χ0n) is 12.0. The van der Waals surface area contributed by atoms with Gasteiger partial charge in [0.15, 0.2) is 0 Å². The van der Waals surface area contributed by atoms with Crippen molar-refractivity contribution in [3.05, 3.63) is 29.8 Å². The average Bonchev–Trinajstić information content (AvgIpc) is 2.95. The Morgan fingerprint density at radius 1 is 1.43 bits per heavy atom. The SMILES string of the molecule is COc1cccc([C@H]2C(O)N(C)C(=O)[C@@]23CCC(=O)N3)c1. The van der Waals surface area contributed by atoms with Crippen molar-refractivity contribution in [1.29, 1.82) is 0 Å². The van der Waals surface area contributed by atoms with Crippen LogP contribution >= 0.6 is 0 Å². The van der Waals surface area contributed by atoms with E-state index < -0.39 is 17.7 Å². The molecule has 6 heteroatoms. The number of rotatable bonds is 2. The highest BCUT2D eigenvalue weighted by atomic mass is 16.5. The number of amides is 2. The summed E-state index contributed by atoms with van der Waals surface area (Å²) in [5.41, 5.74) is -0.265. The molecule has 0 aliphatic carbocycles. The van der Waals surface area contributed by atoms with E-state index in [-0.39, 0.29) is 11.8 Å². The van der Waals surface area contributed by atoms with Gasteiger partial charge in [-0.25, -0.2) is 0 Å². The number of aliphatic hydroxyl groups excluding tert-OH is 1. The molecule has 2 amide bonds. The Hall–Kier alpha value is -2.08. The quantitative estimate of drug-likeness (QED) is 0.816. The topological polar surface area (TPSA) is 78.9 Å². The van der Waals surface area contributed by atoms with Gasteiger partial charge in [-0.3, -0.25) is 9.59 Å². The van der Waals surface area contributed by atoms with Crippen molar-refractivity contribution in [2.45, 2.75) is 30.5 Å². The molecule has 1 spiro atoms. The number of methoxy groups -OCH3 is 1. The van der Waals surface area contributed by atoms with Crippen LogP contribution in [0, 0.1) is 0 Å². The molecule has 0 radical (unpaired) electrons. The predicted molar refractivity (Wildman–Crippen MR) is 74.6 cm³/mol. The monoisotopic (exact) mass is 290 g/mol. The number of nitrogens with zero attached hydrogens (tertiary/aromatic N) is 1. The van der Waals surface area contributed by atoms with Gasteiger partial charge in [-0.05, 0) is 24.1 Å². The van der Waals surface area contributed by atoms with E-state index in [9.17, 15) is 14.7 Å². The smallest absolute Gasteiger partial charge is 0.250 e. The van der Waals surface area contributed by atoms with E-state index in [1.54, 1.807) is 26.3 Å². The molecule has 1 aromatic rings. The lowest BCUT2D eigenvalue weighted by Crippen LogP contribution is -2.51. The highest BCUT2D eigenvalue weighted by Crippen LogP contribution is 2.45. The van der Waals surface area contributed by atoms with Gasteiger partial charge in [0.2, 0.25) is 5.91 Å². The van der Waals surface area contributed by atoms with Crippen LogP contribution in [0.1, 0.15) is 24.3 Å². The molecule has 112 valence electrons. The number of hydrogen-bond acceptors (Lipinski definition) is 4. The Bertz CT molecular complexity index is 603. The number of aliphatic hydroxyl groups is 1. The molecule has 2 aliphatic heterocycles. The molecule has 0 saturated carbocycles. The maximum Gasteiger partial charge on any atom is 0.250 e. The third-order valence-electron chi connectivity index (χ3n) is 4.49. The number of benzene rings is 1. The van der Waals surface area contributed by atoms with E-state index in [1.807, 2.05) is 12.1 Å². The van der Waals surface area contributed by atoms with Crippen molar-refractivity contribution >= 4 is 11.8 Å². The molecule has 2 heterocycles. The zero-order chi connectivity index (χ0) is 15.2. The Morgan fingerprint density at radius 2 is 2.19 bits per heavy atom. The highest BCUT2D eigenvalue weighted by molar-refractivity contribution is 5.97. The van der Waals surface area contributed by atoms with Gasteiger partial charge in [-0.2, -0.15) is 0 Å². The van der Waals surface area contributed by atoms with Crippen molar-refractivity contribution in [2.75, 3.05) is 14.2 Å². The van der Waals surface area contributed by atoms with Crippen LogP contribution in [-0.4, -0.2) is 47.7 Å². The molecule has 2 fully saturated rings. The van der Waals surface area contributed by atoms with Crippen LogP contribution in [0.2, 0.25) is 0 Å². The third kappa shape index (κ3) is 1.90. The number of carbonyl (C=O) groups excluding carboxylic acids is 2. The Morgan fingerprint density at radius 3 is 2.81 bits per heavy atom. The maximum atomic E-state index is 12.5. The van der Waals surface area contributed by atoms with Crippen molar-refractivity contribution in [3.63, 3.8) is 0 Å². The van der Waals surface area contributed by atoms with E-state index in [1.165, 1.54) is 4.90 Å². The Balaban J connectivity index is 2.09. The fraction of sp³-hybridized carbons (Fsp3) is 0.467. The van der Waals surface area contributed by atoms with Gasteiger partial charge in [0, 0.05) is 13.5 Å². The molecule has 3 atom stereocenters. The number of hydrogen-bond donors (Lipinski definition) is 2. The molecular formula is C15H18N2O4. The summed E-state index contributed by atoms with van der Waals surface area (Å²) in [6, 6.07) is 7.26. The summed E-state index contributed by atoms with van der Waals surface area (Å²) in [5.74, 6) is -0.245. The summed E-state index contributed by atoms with van der Waals surface area (Å²) in [6.07, 6.45) is -0.274. The number of likely N-dealkylation sites (tertiary alicyclic amines) is 1. The average molecular weight is 290 g/mol. The highest BCUT2D eigenvalue weighted by Gasteiger charge is 2.61. The van der Waals surface area contributed by atoms with Crippen molar-refractivity contribution in [1.82, 2.24) is 10.2 Å². The zero-order valence-corrected chi connectivity index (χ0v) is 12.0. The first-order valence-electron chi connectivity index (χ1n) is 6.90. The Kier molecular flexibility index (Phi) is 3.13. The summed E-state index contributed by atoms with van der Waals surface area (Å²) >= 11 is 0. The molecule has 0 aromatic heterocycles. The second kappa shape index (κ2) is 4.73. The number of likely N-dealkylation sites (N-methyl/N-ethyl adjacent to an activating group) is 1. The van der Waals surface area contributed by atoms with E-state index in [4.69, 9.17) is 4.74 Å². The van der Waals surface area contributed by atoms with Gasteiger partial charge in [-0.15, -0.1) is 0 Å². The molecule has 1 aromatic carbocycles. The first kappa shape index (κ1) is 13.9. The molecule has 0 bridgehead atoms. The van der Waals surface area contributed by atoms with Gasteiger partial charge in [-0.1, -0.05) is 12.1 Å². The van der Waals surface area contributed by atoms with Crippen molar-refractivity contribution in [2.24, 2.45) is 0 Å². The molecule has 2 aliphatic rings. The molecule has 6 nitrogen and oxygen atoms in total.